The zero-order valence-electron chi connectivity index (χ0n) is 15.1. The Morgan fingerprint density at radius 1 is 1.26 bits per heavy atom. The van der Waals surface area contributed by atoms with Crippen molar-refractivity contribution in [3.05, 3.63) is 35.1 Å². The Balaban J connectivity index is 1.16. The van der Waals surface area contributed by atoms with Crippen LogP contribution in [0.25, 0.3) is 0 Å². The highest BCUT2D eigenvalue weighted by Crippen LogP contribution is 2.41. The number of likely N-dealkylation sites (tertiary alicyclic amines) is 1. The maximum atomic E-state index is 13.5. The van der Waals surface area contributed by atoms with Gasteiger partial charge in [-0.05, 0) is 62.0 Å². The number of phenolic OH excluding ortho intramolecular Hbond substituents is 1. The van der Waals surface area contributed by atoms with E-state index in [9.17, 15) is 9.50 Å². The van der Waals surface area contributed by atoms with Gasteiger partial charge in [0.15, 0.2) is 0 Å². The Bertz CT molecular complexity index is 804. The maximum Gasteiger partial charge on any atom is 0.208 e. The lowest BCUT2D eigenvalue weighted by molar-refractivity contribution is -0.0195. The summed E-state index contributed by atoms with van der Waals surface area (Å²) in [5.74, 6) is 0.162. The van der Waals surface area contributed by atoms with Crippen LogP contribution in [0, 0.1) is 5.82 Å². The molecule has 1 aromatic heterocycles. The van der Waals surface area contributed by atoms with Crippen molar-refractivity contribution >= 4 is 16.5 Å². The fourth-order valence-electron chi connectivity index (χ4n) is 4.79. The van der Waals surface area contributed by atoms with E-state index in [0.717, 1.165) is 62.7 Å². The summed E-state index contributed by atoms with van der Waals surface area (Å²) >= 11 is 1.57. The second-order valence-electron chi connectivity index (χ2n) is 7.94. The molecule has 3 aliphatic rings. The SMILES string of the molecule is Oc1ccc(F)cc1C1CCN(C2COC3(C2)CN(c2nncs2)C3)CC1. The van der Waals surface area contributed by atoms with Crippen LogP contribution in [0.4, 0.5) is 9.52 Å². The molecule has 0 radical (unpaired) electrons. The van der Waals surface area contributed by atoms with E-state index in [1.807, 2.05) is 0 Å². The maximum absolute atomic E-state index is 13.5. The van der Waals surface area contributed by atoms with Crippen LogP contribution in [-0.4, -0.2) is 64.6 Å². The van der Waals surface area contributed by atoms with Gasteiger partial charge in [0.1, 0.15) is 22.7 Å². The number of ether oxygens (including phenoxy) is 1. The molecule has 0 aliphatic carbocycles. The number of hydrogen-bond donors (Lipinski definition) is 1. The molecule has 1 unspecified atom stereocenters. The van der Waals surface area contributed by atoms with Crippen LogP contribution in [0.15, 0.2) is 23.7 Å². The summed E-state index contributed by atoms with van der Waals surface area (Å²) in [5, 5.41) is 19.1. The lowest BCUT2D eigenvalue weighted by Crippen LogP contribution is -2.62. The number of hydrogen-bond acceptors (Lipinski definition) is 7. The quantitative estimate of drug-likeness (QED) is 0.869. The normalized spacial score (nSPS) is 25.8. The average Bonchev–Trinajstić information content (AvgIpc) is 3.32. The van der Waals surface area contributed by atoms with Crippen LogP contribution in [0.2, 0.25) is 0 Å². The van der Waals surface area contributed by atoms with Gasteiger partial charge < -0.3 is 14.7 Å². The molecule has 4 heterocycles. The third kappa shape index (κ3) is 3.19. The van der Waals surface area contributed by atoms with E-state index in [0.29, 0.717) is 6.04 Å². The van der Waals surface area contributed by atoms with Gasteiger partial charge in [-0.3, -0.25) is 4.90 Å². The minimum Gasteiger partial charge on any atom is -0.508 e. The highest BCUT2D eigenvalue weighted by molar-refractivity contribution is 7.13. The fraction of sp³-hybridized carbons (Fsp3) is 0.579. The molecule has 3 fully saturated rings. The molecular weight excluding hydrogens is 367 g/mol. The largest absolute Gasteiger partial charge is 0.508 e. The average molecular weight is 390 g/mol. The molecule has 1 aromatic carbocycles. The third-order valence-corrected chi connectivity index (χ3v) is 6.99. The summed E-state index contributed by atoms with van der Waals surface area (Å²) in [6, 6.07) is 4.71. The van der Waals surface area contributed by atoms with Gasteiger partial charge in [-0.1, -0.05) is 11.3 Å². The van der Waals surface area contributed by atoms with E-state index in [1.165, 1.54) is 18.2 Å². The summed E-state index contributed by atoms with van der Waals surface area (Å²) in [6.45, 7) is 4.49. The van der Waals surface area contributed by atoms with Crippen molar-refractivity contribution in [3.8, 4) is 5.75 Å². The lowest BCUT2D eigenvalue weighted by Gasteiger charge is -2.47. The van der Waals surface area contributed by atoms with Crippen LogP contribution < -0.4 is 4.90 Å². The van der Waals surface area contributed by atoms with Crippen molar-refractivity contribution in [2.24, 2.45) is 0 Å². The highest BCUT2D eigenvalue weighted by atomic mass is 32.1. The number of rotatable bonds is 3. The van der Waals surface area contributed by atoms with Gasteiger partial charge in [0.2, 0.25) is 5.13 Å². The zero-order chi connectivity index (χ0) is 18.4. The zero-order valence-corrected chi connectivity index (χ0v) is 15.9. The monoisotopic (exact) mass is 390 g/mol. The molecule has 1 atom stereocenters. The number of piperidine rings is 1. The van der Waals surface area contributed by atoms with Gasteiger partial charge in [0, 0.05) is 6.04 Å². The summed E-state index contributed by atoms with van der Waals surface area (Å²) in [5.41, 5.74) is 2.48. The second kappa shape index (κ2) is 6.68. The first-order chi connectivity index (χ1) is 13.1. The number of aromatic hydroxyl groups is 1. The molecule has 0 saturated carbocycles. The molecule has 2 aromatic rings. The van der Waals surface area contributed by atoms with Crippen molar-refractivity contribution in [1.29, 1.82) is 0 Å². The summed E-state index contributed by atoms with van der Waals surface area (Å²) in [4.78, 5) is 4.74. The molecule has 5 rings (SSSR count). The molecule has 8 heteroatoms. The molecule has 144 valence electrons. The van der Waals surface area contributed by atoms with Crippen molar-refractivity contribution in [1.82, 2.24) is 15.1 Å². The number of halogens is 1. The Labute approximate surface area is 161 Å². The number of aromatic nitrogens is 2. The van der Waals surface area contributed by atoms with Crippen LogP contribution in [0.3, 0.4) is 0 Å². The van der Waals surface area contributed by atoms with E-state index in [1.54, 1.807) is 16.8 Å². The number of benzene rings is 1. The van der Waals surface area contributed by atoms with Crippen molar-refractivity contribution < 1.29 is 14.2 Å². The third-order valence-electron chi connectivity index (χ3n) is 6.24. The topological polar surface area (TPSA) is 61.7 Å². The van der Waals surface area contributed by atoms with Gasteiger partial charge in [-0.15, -0.1) is 10.2 Å². The Kier molecular flexibility index (Phi) is 4.29. The van der Waals surface area contributed by atoms with Gasteiger partial charge in [-0.2, -0.15) is 0 Å². The van der Waals surface area contributed by atoms with E-state index < -0.39 is 0 Å². The highest BCUT2D eigenvalue weighted by Gasteiger charge is 2.51. The predicted octanol–water partition coefficient (Wildman–Crippen LogP) is 2.61. The van der Waals surface area contributed by atoms with Crippen molar-refractivity contribution in [3.63, 3.8) is 0 Å². The first-order valence-electron chi connectivity index (χ1n) is 9.49. The van der Waals surface area contributed by atoms with E-state index in [-0.39, 0.29) is 23.1 Å². The molecule has 0 bridgehead atoms. The summed E-state index contributed by atoms with van der Waals surface area (Å²) in [7, 11) is 0. The first kappa shape index (κ1) is 17.3. The number of anilines is 1. The van der Waals surface area contributed by atoms with E-state index in [4.69, 9.17) is 4.74 Å². The first-order valence-corrected chi connectivity index (χ1v) is 10.4. The minimum atomic E-state index is -0.277. The predicted molar refractivity (Wildman–Crippen MR) is 101 cm³/mol. The van der Waals surface area contributed by atoms with Crippen LogP contribution in [0.5, 0.6) is 5.75 Å². The summed E-state index contributed by atoms with van der Waals surface area (Å²) in [6.07, 6.45) is 2.94. The second-order valence-corrected chi connectivity index (χ2v) is 8.75. The minimum absolute atomic E-state index is 0.0337. The number of nitrogens with zero attached hydrogens (tertiary/aromatic N) is 4. The fourth-order valence-corrected chi connectivity index (χ4v) is 5.35. The standard InChI is InChI=1S/C19H23FN4O2S/c20-14-1-2-17(25)16(7-14)13-3-5-23(6-4-13)15-8-19(26-9-15)10-24(11-19)18-22-21-12-27-18/h1-2,7,12-13,15,25H,3-6,8-11H2. The molecule has 3 saturated heterocycles. The Morgan fingerprint density at radius 2 is 2.07 bits per heavy atom. The lowest BCUT2D eigenvalue weighted by atomic mass is 9.86. The van der Waals surface area contributed by atoms with Gasteiger partial charge in [0.25, 0.3) is 0 Å². The summed E-state index contributed by atoms with van der Waals surface area (Å²) < 4.78 is 19.7. The molecule has 0 amide bonds. The van der Waals surface area contributed by atoms with Crippen LogP contribution >= 0.6 is 11.3 Å². The Morgan fingerprint density at radius 3 is 2.81 bits per heavy atom. The smallest absolute Gasteiger partial charge is 0.208 e. The van der Waals surface area contributed by atoms with Crippen LogP contribution in [0.1, 0.15) is 30.7 Å². The molecule has 1 N–H and O–H groups in total. The van der Waals surface area contributed by atoms with E-state index >= 15 is 0 Å². The Hall–Kier alpha value is -1.77. The van der Waals surface area contributed by atoms with Gasteiger partial charge >= 0.3 is 0 Å². The van der Waals surface area contributed by atoms with Crippen LogP contribution in [-0.2, 0) is 4.74 Å². The molecular formula is C19H23FN4O2S. The van der Waals surface area contributed by atoms with E-state index in [2.05, 4.69) is 20.0 Å². The van der Waals surface area contributed by atoms with Gasteiger partial charge in [-0.25, -0.2) is 4.39 Å². The van der Waals surface area contributed by atoms with Gasteiger partial charge in [0.05, 0.1) is 19.7 Å². The number of phenols is 1. The molecule has 27 heavy (non-hydrogen) atoms. The molecule has 3 aliphatic heterocycles. The van der Waals surface area contributed by atoms with Crippen molar-refractivity contribution in [2.45, 2.75) is 36.8 Å². The molecule has 6 nitrogen and oxygen atoms in total. The van der Waals surface area contributed by atoms with Crippen molar-refractivity contribution in [2.75, 3.05) is 37.7 Å². The molecule has 1 spiro atoms.